The van der Waals surface area contributed by atoms with Crippen LogP contribution in [0, 0.1) is 20.2 Å². The van der Waals surface area contributed by atoms with E-state index in [1.54, 1.807) is 24.3 Å². The first-order valence-electron chi connectivity index (χ1n) is 9.01. The molecule has 0 spiro atoms. The Hall–Kier alpha value is -3.57. The van der Waals surface area contributed by atoms with Gasteiger partial charge in [-0.15, -0.1) is 0 Å². The summed E-state index contributed by atoms with van der Waals surface area (Å²) < 4.78 is 16.2. The molecule has 2 rings (SSSR count). The minimum Gasteiger partial charge on any atom is -0.491 e. The highest BCUT2D eigenvalue weighted by atomic mass is 16.6. The second-order valence-electron chi connectivity index (χ2n) is 5.90. The van der Waals surface area contributed by atoms with E-state index in [2.05, 4.69) is 5.32 Å². The number of nitro benzene ring substituents is 2. The monoisotopic (exact) mass is 419 g/mol. The Morgan fingerprint density at radius 2 is 1.53 bits per heavy atom. The van der Waals surface area contributed by atoms with Gasteiger partial charge in [-0.05, 0) is 30.3 Å². The first-order valence-corrected chi connectivity index (χ1v) is 9.01. The Morgan fingerprint density at radius 1 is 0.867 bits per heavy atom. The normalized spacial score (nSPS) is 10.4. The quantitative estimate of drug-likeness (QED) is 0.211. The van der Waals surface area contributed by atoms with E-state index in [-0.39, 0.29) is 23.7 Å². The number of non-ortho nitro benzene ring substituents is 1. The lowest BCUT2D eigenvalue weighted by molar-refractivity contribution is -0.393. The predicted octanol–water partition coefficient (Wildman–Crippen LogP) is 2.84. The number of anilines is 1. The highest BCUT2D eigenvalue weighted by Crippen LogP contribution is 2.28. The van der Waals surface area contributed by atoms with Crippen LogP contribution in [0.4, 0.5) is 17.1 Å². The Balaban J connectivity index is 1.56. The van der Waals surface area contributed by atoms with Crippen LogP contribution in [-0.2, 0) is 9.47 Å². The van der Waals surface area contributed by atoms with E-state index >= 15 is 0 Å². The number of aldehydes is 1. The molecular formula is C19H21N3O8. The molecule has 160 valence electrons. The highest BCUT2D eigenvalue weighted by Gasteiger charge is 2.18. The van der Waals surface area contributed by atoms with Gasteiger partial charge < -0.3 is 19.5 Å². The average molecular weight is 419 g/mol. The molecule has 0 unspecified atom stereocenters. The predicted molar refractivity (Wildman–Crippen MR) is 107 cm³/mol. The summed E-state index contributed by atoms with van der Waals surface area (Å²) in [7, 11) is 0. The van der Waals surface area contributed by atoms with Crippen molar-refractivity contribution in [2.75, 3.05) is 44.9 Å². The summed E-state index contributed by atoms with van der Waals surface area (Å²) in [6.07, 6.45) is 0.760. The van der Waals surface area contributed by atoms with Gasteiger partial charge in [-0.3, -0.25) is 25.0 Å². The van der Waals surface area contributed by atoms with Crippen LogP contribution in [0.5, 0.6) is 5.75 Å². The molecule has 0 fully saturated rings. The van der Waals surface area contributed by atoms with Crippen LogP contribution in [0.3, 0.4) is 0 Å². The van der Waals surface area contributed by atoms with Crippen LogP contribution >= 0.6 is 0 Å². The van der Waals surface area contributed by atoms with E-state index in [1.807, 2.05) is 0 Å². The van der Waals surface area contributed by atoms with Gasteiger partial charge >= 0.3 is 0 Å². The zero-order valence-electron chi connectivity index (χ0n) is 16.0. The third-order valence-corrected chi connectivity index (χ3v) is 3.84. The number of nitrogens with one attached hydrogen (secondary N) is 1. The van der Waals surface area contributed by atoms with Crippen LogP contribution < -0.4 is 10.1 Å². The van der Waals surface area contributed by atoms with Gasteiger partial charge in [0.2, 0.25) is 0 Å². The van der Waals surface area contributed by atoms with Crippen LogP contribution in [0.2, 0.25) is 0 Å². The van der Waals surface area contributed by atoms with E-state index in [0.29, 0.717) is 44.3 Å². The molecule has 0 amide bonds. The lowest BCUT2D eigenvalue weighted by Crippen LogP contribution is -2.15. The molecule has 11 heteroatoms. The van der Waals surface area contributed by atoms with E-state index < -0.39 is 9.85 Å². The lowest BCUT2D eigenvalue weighted by atomic mass is 10.2. The maximum Gasteiger partial charge on any atom is 0.299 e. The van der Waals surface area contributed by atoms with Crippen LogP contribution in [0.15, 0.2) is 42.5 Å². The molecule has 30 heavy (non-hydrogen) atoms. The number of nitro groups is 2. The van der Waals surface area contributed by atoms with Crippen molar-refractivity contribution in [1.82, 2.24) is 0 Å². The number of hydrogen-bond acceptors (Lipinski definition) is 9. The Morgan fingerprint density at radius 3 is 2.17 bits per heavy atom. The summed E-state index contributed by atoms with van der Waals surface area (Å²) in [5.41, 5.74) is 0.0492. The van der Waals surface area contributed by atoms with Crippen molar-refractivity contribution < 1.29 is 28.9 Å². The molecule has 0 saturated heterocycles. The zero-order valence-corrected chi connectivity index (χ0v) is 16.0. The van der Waals surface area contributed by atoms with Crippen molar-refractivity contribution in [2.24, 2.45) is 0 Å². The minimum absolute atomic E-state index is 0.184. The lowest BCUT2D eigenvalue weighted by Gasteiger charge is -2.09. The second-order valence-corrected chi connectivity index (χ2v) is 5.90. The standard InChI is InChI=1S/C19H21N3O8/c23-14-15-1-4-17(5-2-15)30-12-11-29-10-9-28-8-7-20-18-6-3-16(21(24)25)13-19(18)22(26)27/h1-6,13-14,20H,7-12H2. The summed E-state index contributed by atoms with van der Waals surface area (Å²) in [6.45, 7) is 1.97. The van der Waals surface area contributed by atoms with E-state index in [0.717, 1.165) is 12.4 Å². The molecule has 2 aromatic rings. The summed E-state index contributed by atoms with van der Waals surface area (Å²) in [5.74, 6) is 0.645. The van der Waals surface area contributed by atoms with Crippen molar-refractivity contribution >= 4 is 23.3 Å². The summed E-state index contributed by atoms with van der Waals surface area (Å²) in [5, 5.41) is 24.6. The zero-order chi connectivity index (χ0) is 21.8. The maximum atomic E-state index is 11.0. The molecule has 0 atom stereocenters. The molecule has 0 bridgehead atoms. The van der Waals surface area contributed by atoms with Gasteiger partial charge in [0.1, 0.15) is 24.3 Å². The summed E-state index contributed by atoms with van der Waals surface area (Å²) in [4.78, 5) is 31.0. The van der Waals surface area contributed by atoms with Crippen LogP contribution in [0.25, 0.3) is 0 Å². The smallest absolute Gasteiger partial charge is 0.299 e. The van der Waals surface area contributed by atoms with E-state index in [4.69, 9.17) is 14.2 Å². The van der Waals surface area contributed by atoms with Gasteiger partial charge in [-0.1, -0.05) is 0 Å². The van der Waals surface area contributed by atoms with Gasteiger partial charge in [-0.2, -0.15) is 0 Å². The van der Waals surface area contributed by atoms with Crippen molar-refractivity contribution in [1.29, 1.82) is 0 Å². The van der Waals surface area contributed by atoms with Crippen molar-refractivity contribution in [2.45, 2.75) is 0 Å². The van der Waals surface area contributed by atoms with Crippen molar-refractivity contribution in [3.8, 4) is 5.75 Å². The molecule has 0 aliphatic rings. The second kappa shape index (κ2) is 12.1. The molecule has 11 nitrogen and oxygen atoms in total. The molecule has 0 heterocycles. The first kappa shape index (κ1) is 22.7. The fourth-order valence-electron chi connectivity index (χ4n) is 2.38. The van der Waals surface area contributed by atoms with Gasteiger partial charge in [0, 0.05) is 18.2 Å². The first-order chi connectivity index (χ1) is 14.5. The van der Waals surface area contributed by atoms with E-state index in [1.165, 1.54) is 12.1 Å². The Kier molecular flexibility index (Phi) is 9.16. The average Bonchev–Trinajstić information content (AvgIpc) is 2.75. The minimum atomic E-state index is -0.686. The SMILES string of the molecule is O=Cc1ccc(OCCOCCOCCNc2ccc([N+](=O)[O-])cc2[N+](=O)[O-])cc1. The number of ether oxygens (including phenoxy) is 3. The van der Waals surface area contributed by atoms with Gasteiger partial charge in [-0.25, -0.2) is 0 Å². The van der Waals surface area contributed by atoms with Gasteiger partial charge in [0.05, 0.1) is 42.3 Å². The molecule has 0 radical (unpaired) electrons. The third kappa shape index (κ3) is 7.45. The fraction of sp³-hybridized carbons (Fsp3) is 0.316. The number of rotatable bonds is 14. The Labute approximate surface area is 171 Å². The summed E-state index contributed by atoms with van der Waals surface area (Å²) >= 11 is 0. The molecule has 2 aromatic carbocycles. The number of carbonyl (C=O) groups is 1. The van der Waals surface area contributed by atoms with Gasteiger partial charge in [0.15, 0.2) is 0 Å². The Bertz CT molecular complexity index is 857. The molecule has 1 N–H and O–H groups in total. The number of carbonyl (C=O) groups excluding carboxylic acids is 1. The molecule has 0 saturated carbocycles. The number of hydrogen-bond donors (Lipinski definition) is 1. The van der Waals surface area contributed by atoms with Crippen LogP contribution in [0.1, 0.15) is 10.4 Å². The topological polar surface area (TPSA) is 143 Å². The van der Waals surface area contributed by atoms with Crippen LogP contribution in [-0.4, -0.2) is 55.7 Å². The molecular weight excluding hydrogens is 398 g/mol. The van der Waals surface area contributed by atoms with Gasteiger partial charge in [0.25, 0.3) is 11.4 Å². The number of benzene rings is 2. The van der Waals surface area contributed by atoms with E-state index in [9.17, 15) is 25.0 Å². The highest BCUT2D eigenvalue weighted by molar-refractivity contribution is 5.74. The van der Waals surface area contributed by atoms with Crippen molar-refractivity contribution in [3.63, 3.8) is 0 Å². The maximum absolute atomic E-state index is 11.0. The fourth-order valence-corrected chi connectivity index (χ4v) is 2.38. The van der Waals surface area contributed by atoms with Crippen molar-refractivity contribution in [3.05, 3.63) is 68.3 Å². The molecule has 0 aromatic heterocycles. The largest absolute Gasteiger partial charge is 0.491 e. The summed E-state index contributed by atoms with van der Waals surface area (Å²) in [6, 6.07) is 10.1. The third-order valence-electron chi connectivity index (χ3n) is 3.84. The molecule has 0 aliphatic carbocycles. The number of nitrogens with zero attached hydrogens (tertiary/aromatic N) is 2. The molecule has 0 aliphatic heterocycles.